The third kappa shape index (κ3) is 5.91. The van der Waals surface area contributed by atoms with E-state index < -0.39 is 4.92 Å². The molecule has 0 fully saturated rings. The normalized spacial score (nSPS) is 11.9. The number of nitrogens with zero attached hydrogens (tertiary/aromatic N) is 1. The zero-order valence-electron chi connectivity index (χ0n) is 12.6. The van der Waals surface area contributed by atoms with E-state index in [4.69, 9.17) is 0 Å². The summed E-state index contributed by atoms with van der Waals surface area (Å²) in [6, 6.07) is 6.15. The summed E-state index contributed by atoms with van der Waals surface area (Å²) in [6.45, 7) is 4.83. The van der Waals surface area contributed by atoms with Gasteiger partial charge in [-0.1, -0.05) is 38.0 Å². The van der Waals surface area contributed by atoms with Crippen molar-refractivity contribution < 1.29 is 9.72 Å². The summed E-state index contributed by atoms with van der Waals surface area (Å²) in [6.07, 6.45) is 3.18. The molecule has 1 amide bonds. The molecular formula is C15H23N3O3. The minimum atomic E-state index is -0.410. The van der Waals surface area contributed by atoms with Crippen LogP contribution >= 0.6 is 0 Å². The standard InChI is InChI=1S/C15H23N3O3/c1-3-4-7-10-16-15(19)12(2)17-11-13-8-5-6-9-14(13)18(20)21/h5-6,8-9,12,17H,3-4,7,10-11H2,1-2H3,(H,16,19). The van der Waals surface area contributed by atoms with Crippen LogP contribution in [0.15, 0.2) is 24.3 Å². The SMILES string of the molecule is CCCCCNC(=O)C(C)NCc1ccccc1[N+](=O)[O-]. The van der Waals surface area contributed by atoms with Gasteiger partial charge in [0.1, 0.15) is 0 Å². The molecule has 2 N–H and O–H groups in total. The lowest BCUT2D eigenvalue weighted by molar-refractivity contribution is -0.385. The van der Waals surface area contributed by atoms with Gasteiger partial charge in [0.2, 0.25) is 5.91 Å². The second-order valence-electron chi connectivity index (χ2n) is 4.99. The zero-order chi connectivity index (χ0) is 15.7. The Morgan fingerprint density at radius 1 is 1.33 bits per heavy atom. The monoisotopic (exact) mass is 293 g/mol. The second kappa shape index (κ2) is 9.07. The molecule has 1 unspecified atom stereocenters. The van der Waals surface area contributed by atoms with E-state index in [-0.39, 0.29) is 17.6 Å². The van der Waals surface area contributed by atoms with E-state index in [9.17, 15) is 14.9 Å². The predicted octanol–water partition coefficient (Wildman–Crippen LogP) is 2.38. The highest BCUT2D eigenvalue weighted by atomic mass is 16.6. The molecule has 0 saturated carbocycles. The Morgan fingerprint density at radius 3 is 2.71 bits per heavy atom. The van der Waals surface area contributed by atoms with Gasteiger partial charge in [0.25, 0.3) is 5.69 Å². The number of para-hydroxylation sites is 1. The van der Waals surface area contributed by atoms with E-state index in [0.29, 0.717) is 18.7 Å². The summed E-state index contributed by atoms with van der Waals surface area (Å²) in [5.74, 6) is -0.0790. The lowest BCUT2D eigenvalue weighted by atomic mass is 10.1. The topological polar surface area (TPSA) is 84.3 Å². The molecule has 0 heterocycles. The van der Waals surface area contributed by atoms with Crippen LogP contribution in [0.25, 0.3) is 0 Å². The van der Waals surface area contributed by atoms with Gasteiger partial charge in [-0.05, 0) is 13.3 Å². The van der Waals surface area contributed by atoms with Gasteiger partial charge in [0, 0.05) is 24.7 Å². The van der Waals surface area contributed by atoms with Crippen LogP contribution < -0.4 is 10.6 Å². The van der Waals surface area contributed by atoms with Gasteiger partial charge in [0.05, 0.1) is 11.0 Å². The minimum Gasteiger partial charge on any atom is -0.355 e. The molecular weight excluding hydrogens is 270 g/mol. The molecule has 21 heavy (non-hydrogen) atoms. The van der Waals surface area contributed by atoms with Crippen molar-refractivity contribution in [1.29, 1.82) is 0 Å². The third-order valence-electron chi connectivity index (χ3n) is 3.26. The number of benzene rings is 1. The van der Waals surface area contributed by atoms with Gasteiger partial charge < -0.3 is 10.6 Å². The first kappa shape index (κ1) is 17.1. The van der Waals surface area contributed by atoms with Crippen LogP contribution in [0.1, 0.15) is 38.7 Å². The lowest BCUT2D eigenvalue weighted by Crippen LogP contribution is -2.42. The molecule has 1 rings (SSSR count). The number of rotatable bonds is 9. The number of carbonyl (C=O) groups is 1. The number of nitro groups is 1. The first-order valence-electron chi connectivity index (χ1n) is 7.29. The number of nitrogens with one attached hydrogen (secondary N) is 2. The molecule has 0 aliphatic carbocycles. The highest BCUT2D eigenvalue weighted by molar-refractivity contribution is 5.81. The summed E-state index contributed by atoms with van der Waals surface area (Å²) < 4.78 is 0. The molecule has 1 atom stereocenters. The van der Waals surface area contributed by atoms with Gasteiger partial charge >= 0.3 is 0 Å². The average Bonchev–Trinajstić information content (AvgIpc) is 2.49. The Kier molecular flexibility index (Phi) is 7.39. The molecule has 0 aliphatic heterocycles. The zero-order valence-corrected chi connectivity index (χ0v) is 12.6. The van der Waals surface area contributed by atoms with Crippen molar-refractivity contribution in [2.45, 2.75) is 45.7 Å². The molecule has 116 valence electrons. The van der Waals surface area contributed by atoms with Gasteiger partial charge in [-0.15, -0.1) is 0 Å². The van der Waals surface area contributed by atoms with Crippen molar-refractivity contribution in [3.63, 3.8) is 0 Å². The summed E-state index contributed by atoms with van der Waals surface area (Å²) in [5, 5.41) is 16.8. The fourth-order valence-electron chi connectivity index (χ4n) is 1.93. The average molecular weight is 293 g/mol. The van der Waals surface area contributed by atoms with E-state index in [1.165, 1.54) is 6.07 Å². The maximum absolute atomic E-state index is 11.8. The first-order valence-corrected chi connectivity index (χ1v) is 7.29. The molecule has 0 radical (unpaired) electrons. The predicted molar refractivity (Wildman–Crippen MR) is 81.9 cm³/mol. The van der Waals surface area contributed by atoms with Crippen LogP contribution in [-0.2, 0) is 11.3 Å². The Labute approximate surface area is 125 Å². The van der Waals surface area contributed by atoms with Crippen LogP contribution in [-0.4, -0.2) is 23.4 Å². The van der Waals surface area contributed by atoms with Crippen LogP contribution in [0.2, 0.25) is 0 Å². The summed E-state index contributed by atoms with van der Waals surface area (Å²) in [4.78, 5) is 22.3. The summed E-state index contributed by atoms with van der Waals surface area (Å²) in [5.41, 5.74) is 0.647. The van der Waals surface area contributed by atoms with Crippen molar-refractivity contribution in [3.05, 3.63) is 39.9 Å². The van der Waals surface area contributed by atoms with Crippen LogP contribution in [0.5, 0.6) is 0 Å². The van der Waals surface area contributed by atoms with Crippen molar-refractivity contribution in [2.75, 3.05) is 6.54 Å². The van der Waals surface area contributed by atoms with Crippen molar-refractivity contribution in [3.8, 4) is 0 Å². The number of unbranched alkanes of at least 4 members (excludes halogenated alkanes) is 2. The van der Waals surface area contributed by atoms with E-state index in [1.807, 2.05) is 0 Å². The van der Waals surface area contributed by atoms with E-state index in [1.54, 1.807) is 25.1 Å². The molecule has 0 saturated heterocycles. The smallest absolute Gasteiger partial charge is 0.273 e. The highest BCUT2D eigenvalue weighted by Gasteiger charge is 2.15. The number of amides is 1. The molecule has 6 nitrogen and oxygen atoms in total. The fraction of sp³-hybridized carbons (Fsp3) is 0.533. The Balaban J connectivity index is 2.44. The molecule has 0 bridgehead atoms. The van der Waals surface area contributed by atoms with Gasteiger partial charge in [-0.3, -0.25) is 14.9 Å². The molecule has 6 heteroatoms. The Hall–Kier alpha value is -1.95. The number of hydrogen-bond acceptors (Lipinski definition) is 4. The maximum atomic E-state index is 11.8. The van der Waals surface area contributed by atoms with Crippen LogP contribution in [0.3, 0.4) is 0 Å². The highest BCUT2D eigenvalue weighted by Crippen LogP contribution is 2.17. The fourth-order valence-corrected chi connectivity index (χ4v) is 1.93. The quantitative estimate of drug-likeness (QED) is 0.416. The van der Waals surface area contributed by atoms with Gasteiger partial charge in [-0.25, -0.2) is 0 Å². The van der Waals surface area contributed by atoms with Crippen molar-refractivity contribution in [2.24, 2.45) is 0 Å². The molecule has 0 spiro atoms. The van der Waals surface area contributed by atoms with Crippen LogP contribution in [0, 0.1) is 10.1 Å². The summed E-state index contributed by atoms with van der Waals surface area (Å²) in [7, 11) is 0. The van der Waals surface area contributed by atoms with Gasteiger partial charge in [-0.2, -0.15) is 0 Å². The molecule has 0 aromatic heterocycles. The van der Waals surface area contributed by atoms with Crippen LogP contribution in [0.4, 0.5) is 5.69 Å². The third-order valence-corrected chi connectivity index (χ3v) is 3.26. The molecule has 0 aliphatic rings. The van der Waals surface area contributed by atoms with E-state index >= 15 is 0 Å². The second-order valence-corrected chi connectivity index (χ2v) is 4.99. The number of hydrogen-bond donors (Lipinski definition) is 2. The molecule has 1 aromatic carbocycles. The largest absolute Gasteiger partial charge is 0.355 e. The van der Waals surface area contributed by atoms with E-state index in [2.05, 4.69) is 17.6 Å². The maximum Gasteiger partial charge on any atom is 0.273 e. The first-order chi connectivity index (χ1) is 10.1. The number of nitro benzene ring substituents is 1. The van der Waals surface area contributed by atoms with Crippen molar-refractivity contribution >= 4 is 11.6 Å². The van der Waals surface area contributed by atoms with Crippen molar-refractivity contribution in [1.82, 2.24) is 10.6 Å². The lowest BCUT2D eigenvalue weighted by Gasteiger charge is -2.14. The Morgan fingerprint density at radius 2 is 2.05 bits per heavy atom. The Bertz CT molecular complexity index is 477. The van der Waals surface area contributed by atoms with E-state index in [0.717, 1.165) is 19.3 Å². The summed E-state index contributed by atoms with van der Waals surface area (Å²) >= 11 is 0. The molecule has 1 aromatic rings. The minimum absolute atomic E-state index is 0.0700. The van der Waals surface area contributed by atoms with Gasteiger partial charge in [0.15, 0.2) is 0 Å². The number of carbonyl (C=O) groups excluding carboxylic acids is 1.